The van der Waals surface area contributed by atoms with Gasteiger partial charge < -0.3 is 43.0 Å². The average Bonchev–Trinajstić information content (AvgIpc) is 3.22. The number of anilines is 1. The predicted molar refractivity (Wildman–Crippen MR) is 219 cm³/mol. The Balaban J connectivity index is 1.34. The summed E-state index contributed by atoms with van der Waals surface area (Å²) in [6, 6.07) is 24.5. The van der Waals surface area contributed by atoms with Crippen molar-refractivity contribution in [3.63, 3.8) is 0 Å². The largest absolute Gasteiger partial charge is 0.384 e. The van der Waals surface area contributed by atoms with Gasteiger partial charge in [-0.15, -0.1) is 0 Å². The van der Waals surface area contributed by atoms with Gasteiger partial charge in [-0.2, -0.15) is 0 Å². The SMILES string of the molecule is N=C(N)c1ccc(CC(C(=O)NCc2ccccc2)C(=O)N[C@H](C(=O)N[C@@H](CCCN=C(N)N)C(=O)N2CCN(c3ccccc3)CC2)C2CCCCC2)cc1. The van der Waals surface area contributed by atoms with Gasteiger partial charge in [-0.1, -0.05) is 92.1 Å². The van der Waals surface area contributed by atoms with Crippen LogP contribution in [0.15, 0.2) is 89.9 Å². The minimum Gasteiger partial charge on any atom is -0.384 e. The molecule has 4 amide bonds. The van der Waals surface area contributed by atoms with Crippen LogP contribution in [0.2, 0.25) is 0 Å². The van der Waals surface area contributed by atoms with Gasteiger partial charge in [0.1, 0.15) is 23.8 Å². The summed E-state index contributed by atoms with van der Waals surface area (Å²) in [5, 5.41) is 16.7. The molecule has 2 aliphatic rings. The molecule has 5 rings (SSSR count). The van der Waals surface area contributed by atoms with E-state index in [0.29, 0.717) is 56.7 Å². The van der Waals surface area contributed by atoms with Gasteiger partial charge in [0.15, 0.2) is 5.96 Å². The van der Waals surface area contributed by atoms with Crippen LogP contribution in [0.4, 0.5) is 5.69 Å². The Morgan fingerprint density at radius 2 is 1.39 bits per heavy atom. The predicted octanol–water partition coefficient (Wildman–Crippen LogP) is 2.40. The first-order valence-electron chi connectivity index (χ1n) is 19.6. The molecule has 3 aromatic carbocycles. The summed E-state index contributed by atoms with van der Waals surface area (Å²) in [7, 11) is 0. The number of hydrogen-bond acceptors (Lipinski definition) is 7. The molecule has 298 valence electrons. The molecule has 0 bridgehead atoms. The standard InChI is InChI=1S/C42H56N10O4/c43-37(44)32-20-18-29(19-21-32)27-34(38(53)48-28-30-11-4-1-5-12-30)39(54)50-36(31-13-6-2-7-14-31)40(55)49-35(17-10-22-47-42(45)46)41(56)52-25-23-51(24-26-52)33-15-8-3-9-16-33/h1,3-5,8-9,11-12,15-16,18-21,31,34-36H,2,6-7,10,13-14,17,22-28H2,(H3,43,44)(H,48,53)(H,49,55)(H,50,54)(H4,45,46,47)/t34?,35-,36-/m0/s1. The van der Waals surface area contributed by atoms with Gasteiger partial charge in [0.25, 0.3) is 0 Å². The number of amidine groups is 1. The maximum Gasteiger partial charge on any atom is 0.245 e. The number of rotatable bonds is 17. The number of guanidine groups is 1. The van der Waals surface area contributed by atoms with Crippen LogP contribution >= 0.6 is 0 Å². The molecule has 0 aromatic heterocycles. The molecule has 1 heterocycles. The lowest BCUT2D eigenvalue weighted by molar-refractivity contribution is -0.140. The molecule has 2 fully saturated rings. The van der Waals surface area contributed by atoms with Crippen molar-refractivity contribution in [1.82, 2.24) is 20.9 Å². The zero-order valence-electron chi connectivity index (χ0n) is 32.0. The van der Waals surface area contributed by atoms with Crippen molar-refractivity contribution in [1.29, 1.82) is 5.41 Å². The van der Waals surface area contributed by atoms with E-state index in [1.54, 1.807) is 29.2 Å². The molecular formula is C42H56N10O4. The molecule has 14 nitrogen and oxygen atoms in total. The van der Waals surface area contributed by atoms with Crippen molar-refractivity contribution in [2.45, 2.75) is 70.0 Å². The number of para-hydroxylation sites is 1. The summed E-state index contributed by atoms with van der Waals surface area (Å²) in [4.78, 5) is 64.7. The maximum atomic E-state index is 14.4. The van der Waals surface area contributed by atoms with E-state index in [-0.39, 0.29) is 36.6 Å². The minimum absolute atomic E-state index is 0.0498. The number of aliphatic imine (C=N–C) groups is 1. The van der Waals surface area contributed by atoms with Crippen molar-refractivity contribution >= 4 is 41.1 Å². The molecule has 10 N–H and O–H groups in total. The Kier molecular flexibility index (Phi) is 15.2. The van der Waals surface area contributed by atoms with Crippen LogP contribution in [0.25, 0.3) is 0 Å². The fourth-order valence-corrected chi connectivity index (χ4v) is 7.45. The van der Waals surface area contributed by atoms with E-state index in [0.717, 1.165) is 43.4 Å². The monoisotopic (exact) mass is 764 g/mol. The number of hydrogen-bond donors (Lipinski definition) is 7. The third-order valence-corrected chi connectivity index (χ3v) is 10.6. The Hall–Kier alpha value is -5.92. The molecule has 3 atom stereocenters. The lowest BCUT2D eigenvalue weighted by Gasteiger charge is -2.38. The van der Waals surface area contributed by atoms with E-state index in [9.17, 15) is 19.2 Å². The summed E-state index contributed by atoms with van der Waals surface area (Å²) < 4.78 is 0. The highest BCUT2D eigenvalue weighted by Gasteiger charge is 2.37. The summed E-state index contributed by atoms with van der Waals surface area (Å²) in [5.41, 5.74) is 20.0. The lowest BCUT2D eigenvalue weighted by atomic mass is 9.83. The Morgan fingerprint density at radius 3 is 2.02 bits per heavy atom. The van der Waals surface area contributed by atoms with Crippen LogP contribution in [0.5, 0.6) is 0 Å². The van der Waals surface area contributed by atoms with E-state index in [1.165, 1.54) is 0 Å². The fourth-order valence-electron chi connectivity index (χ4n) is 7.45. The van der Waals surface area contributed by atoms with Gasteiger partial charge in [0, 0.05) is 50.5 Å². The molecule has 1 saturated heterocycles. The second-order valence-corrected chi connectivity index (χ2v) is 14.6. The zero-order valence-corrected chi connectivity index (χ0v) is 32.0. The van der Waals surface area contributed by atoms with E-state index < -0.39 is 35.7 Å². The summed E-state index contributed by atoms with van der Waals surface area (Å²) >= 11 is 0. The Bertz CT molecular complexity index is 1790. The molecule has 1 saturated carbocycles. The third-order valence-electron chi connectivity index (χ3n) is 10.6. The molecule has 1 aliphatic heterocycles. The molecule has 1 unspecified atom stereocenters. The number of benzene rings is 3. The van der Waals surface area contributed by atoms with E-state index >= 15 is 0 Å². The quantitative estimate of drug-likeness (QED) is 0.0467. The molecule has 0 radical (unpaired) electrons. The van der Waals surface area contributed by atoms with Crippen LogP contribution in [0.3, 0.4) is 0 Å². The average molecular weight is 765 g/mol. The maximum absolute atomic E-state index is 14.4. The first-order valence-corrected chi connectivity index (χ1v) is 19.6. The Morgan fingerprint density at radius 1 is 0.750 bits per heavy atom. The van der Waals surface area contributed by atoms with Crippen LogP contribution in [-0.2, 0) is 32.1 Å². The second-order valence-electron chi connectivity index (χ2n) is 14.6. The molecule has 0 spiro atoms. The number of carbonyl (C=O) groups is 4. The van der Waals surface area contributed by atoms with E-state index in [4.69, 9.17) is 22.6 Å². The van der Waals surface area contributed by atoms with Crippen LogP contribution in [0.1, 0.15) is 61.6 Å². The summed E-state index contributed by atoms with van der Waals surface area (Å²) in [5.74, 6) is -3.20. The molecule has 3 aromatic rings. The number of nitrogen functional groups attached to an aromatic ring is 1. The normalized spacial score (nSPS) is 16.1. The molecule has 56 heavy (non-hydrogen) atoms. The van der Waals surface area contributed by atoms with Gasteiger partial charge in [-0.25, -0.2) is 0 Å². The topological polar surface area (TPSA) is 225 Å². The van der Waals surface area contributed by atoms with Crippen molar-refractivity contribution < 1.29 is 19.2 Å². The lowest BCUT2D eigenvalue weighted by Crippen LogP contribution is -2.59. The minimum atomic E-state index is -1.17. The van der Waals surface area contributed by atoms with E-state index in [1.807, 2.05) is 60.7 Å². The number of nitrogens with zero attached hydrogens (tertiary/aromatic N) is 3. The highest BCUT2D eigenvalue weighted by Crippen LogP contribution is 2.28. The first-order chi connectivity index (χ1) is 27.1. The van der Waals surface area contributed by atoms with Crippen molar-refractivity contribution in [2.75, 3.05) is 37.6 Å². The number of amides is 4. The van der Waals surface area contributed by atoms with Crippen LogP contribution < -0.4 is 38.1 Å². The van der Waals surface area contributed by atoms with Crippen LogP contribution in [0, 0.1) is 17.2 Å². The first kappa shape index (κ1) is 41.2. The summed E-state index contributed by atoms with van der Waals surface area (Å²) in [6.45, 7) is 2.79. The third kappa shape index (κ3) is 12.0. The van der Waals surface area contributed by atoms with E-state index in [2.05, 4.69) is 25.8 Å². The fraction of sp³-hybridized carbons (Fsp3) is 0.429. The van der Waals surface area contributed by atoms with Crippen molar-refractivity contribution in [3.8, 4) is 0 Å². The van der Waals surface area contributed by atoms with Gasteiger partial charge in [0.2, 0.25) is 23.6 Å². The van der Waals surface area contributed by atoms with Gasteiger partial charge >= 0.3 is 0 Å². The number of carbonyl (C=O) groups excluding carboxylic acids is 4. The van der Waals surface area contributed by atoms with Crippen molar-refractivity contribution in [3.05, 3.63) is 102 Å². The summed E-state index contributed by atoms with van der Waals surface area (Å²) in [6.07, 6.45) is 5.09. The smallest absolute Gasteiger partial charge is 0.245 e. The highest BCUT2D eigenvalue weighted by molar-refractivity contribution is 6.02. The van der Waals surface area contributed by atoms with Gasteiger partial charge in [-0.05, 0) is 61.3 Å². The number of piperazine rings is 1. The highest BCUT2D eigenvalue weighted by atomic mass is 16.2. The van der Waals surface area contributed by atoms with Crippen molar-refractivity contribution in [2.24, 2.45) is 34.0 Å². The zero-order chi connectivity index (χ0) is 39.9. The Labute approximate surface area is 329 Å². The second kappa shape index (κ2) is 20.7. The molecular weight excluding hydrogens is 709 g/mol. The number of nitrogens with two attached hydrogens (primary N) is 3. The van der Waals surface area contributed by atoms with Gasteiger partial charge in [-0.3, -0.25) is 29.6 Å². The number of nitrogens with one attached hydrogen (secondary N) is 4. The molecule has 1 aliphatic carbocycles. The van der Waals surface area contributed by atoms with Gasteiger partial charge in [0.05, 0.1) is 0 Å². The molecule has 14 heteroatoms. The van der Waals surface area contributed by atoms with Crippen LogP contribution in [-0.4, -0.2) is 85.1 Å².